The minimum absolute atomic E-state index is 0.158. The van der Waals surface area contributed by atoms with Gasteiger partial charge in [-0.3, -0.25) is 0 Å². The number of benzene rings is 1. The average molecular weight is 347 g/mol. The second-order valence-corrected chi connectivity index (χ2v) is 7.16. The van der Waals surface area contributed by atoms with Gasteiger partial charge in [0.1, 0.15) is 18.5 Å². The SMILES string of the molecule is Cc1ccccc1OC[C@H](O)CN1CCC(N2CCN(C)C2=O)CC1. The lowest BCUT2D eigenvalue weighted by molar-refractivity contribution is 0.0504. The number of aryl methyl sites for hydroxylation is 1. The van der Waals surface area contributed by atoms with Crippen molar-refractivity contribution in [2.45, 2.75) is 31.9 Å². The predicted octanol–water partition coefficient (Wildman–Crippen LogP) is 1.57. The summed E-state index contributed by atoms with van der Waals surface area (Å²) in [6, 6.07) is 8.35. The van der Waals surface area contributed by atoms with E-state index in [4.69, 9.17) is 4.74 Å². The van der Waals surface area contributed by atoms with Crippen LogP contribution in [0.25, 0.3) is 0 Å². The van der Waals surface area contributed by atoms with Crippen LogP contribution in [0, 0.1) is 6.92 Å². The number of para-hydroxylation sites is 1. The number of rotatable bonds is 6. The number of amides is 2. The summed E-state index contributed by atoms with van der Waals surface area (Å²) in [6.45, 7) is 6.43. The Bertz CT molecular complexity index is 587. The zero-order valence-electron chi connectivity index (χ0n) is 15.2. The molecule has 1 aromatic carbocycles. The molecule has 25 heavy (non-hydrogen) atoms. The van der Waals surface area contributed by atoms with E-state index in [0.717, 1.165) is 50.3 Å². The Kier molecular flexibility index (Phi) is 5.81. The average Bonchev–Trinajstić information content (AvgIpc) is 2.94. The van der Waals surface area contributed by atoms with E-state index in [1.807, 2.05) is 43.1 Å². The van der Waals surface area contributed by atoms with E-state index in [-0.39, 0.29) is 6.03 Å². The van der Waals surface area contributed by atoms with Gasteiger partial charge in [-0.25, -0.2) is 4.79 Å². The van der Waals surface area contributed by atoms with Crippen LogP contribution < -0.4 is 4.74 Å². The number of nitrogens with zero attached hydrogens (tertiary/aromatic N) is 3. The van der Waals surface area contributed by atoms with Crippen LogP contribution in [-0.2, 0) is 0 Å². The Morgan fingerprint density at radius 3 is 2.56 bits per heavy atom. The van der Waals surface area contributed by atoms with Crippen LogP contribution in [0.4, 0.5) is 4.79 Å². The van der Waals surface area contributed by atoms with Crippen molar-refractivity contribution in [2.24, 2.45) is 0 Å². The van der Waals surface area contributed by atoms with Gasteiger partial charge < -0.3 is 24.5 Å². The van der Waals surface area contributed by atoms with Gasteiger partial charge in [-0.15, -0.1) is 0 Å². The molecule has 6 nitrogen and oxygen atoms in total. The first kappa shape index (κ1) is 18.0. The van der Waals surface area contributed by atoms with Gasteiger partial charge >= 0.3 is 6.03 Å². The van der Waals surface area contributed by atoms with E-state index in [0.29, 0.717) is 19.2 Å². The zero-order chi connectivity index (χ0) is 17.8. The molecule has 2 aliphatic rings. The molecular weight excluding hydrogens is 318 g/mol. The van der Waals surface area contributed by atoms with Gasteiger partial charge in [0, 0.05) is 45.8 Å². The van der Waals surface area contributed by atoms with Crippen molar-refractivity contribution >= 4 is 6.03 Å². The van der Waals surface area contributed by atoms with Gasteiger partial charge in [-0.2, -0.15) is 0 Å². The highest BCUT2D eigenvalue weighted by atomic mass is 16.5. The maximum absolute atomic E-state index is 12.1. The van der Waals surface area contributed by atoms with Crippen molar-refractivity contribution in [3.05, 3.63) is 29.8 Å². The third-order valence-electron chi connectivity index (χ3n) is 5.24. The number of ether oxygens (including phenoxy) is 1. The number of likely N-dealkylation sites (tertiary alicyclic amines) is 1. The maximum atomic E-state index is 12.1. The van der Waals surface area contributed by atoms with E-state index >= 15 is 0 Å². The van der Waals surface area contributed by atoms with Crippen LogP contribution in [-0.4, -0.2) is 84.4 Å². The molecule has 138 valence electrons. The summed E-state index contributed by atoms with van der Waals surface area (Å²) in [5.74, 6) is 0.830. The number of hydrogen-bond donors (Lipinski definition) is 1. The van der Waals surface area contributed by atoms with Crippen molar-refractivity contribution in [1.29, 1.82) is 0 Å². The number of aliphatic hydroxyl groups excluding tert-OH is 1. The topological polar surface area (TPSA) is 56.3 Å². The predicted molar refractivity (Wildman–Crippen MR) is 96.9 cm³/mol. The first-order chi connectivity index (χ1) is 12.0. The van der Waals surface area contributed by atoms with Crippen LogP contribution in [0.5, 0.6) is 5.75 Å². The lowest BCUT2D eigenvalue weighted by Gasteiger charge is -2.37. The summed E-state index contributed by atoms with van der Waals surface area (Å²) < 4.78 is 5.73. The minimum atomic E-state index is -0.504. The molecule has 3 rings (SSSR count). The van der Waals surface area contributed by atoms with Gasteiger partial charge in [-0.05, 0) is 31.4 Å². The molecule has 2 saturated heterocycles. The molecule has 0 bridgehead atoms. The number of piperidine rings is 1. The summed E-state index contributed by atoms with van der Waals surface area (Å²) in [5, 5.41) is 10.3. The van der Waals surface area contributed by atoms with Gasteiger partial charge in [0.25, 0.3) is 0 Å². The molecule has 2 aliphatic heterocycles. The summed E-state index contributed by atoms with van der Waals surface area (Å²) in [5.41, 5.74) is 1.08. The molecule has 2 amide bonds. The number of urea groups is 1. The molecule has 0 spiro atoms. The largest absolute Gasteiger partial charge is 0.491 e. The number of carbonyl (C=O) groups is 1. The molecule has 1 aromatic rings. The molecule has 2 fully saturated rings. The fourth-order valence-corrected chi connectivity index (χ4v) is 3.68. The first-order valence-electron chi connectivity index (χ1n) is 9.15. The van der Waals surface area contributed by atoms with Gasteiger partial charge in [0.05, 0.1) is 0 Å². The van der Waals surface area contributed by atoms with Crippen molar-refractivity contribution < 1.29 is 14.6 Å². The highest BCUT2D eigenvalue weighted by Crippen LogP contribution is 2.21. The van der Waals surface area contributed by atoms with Crippen molar-refractivity contribution in [1.82, 2.24) is 14.7 Å². The number of β-amino-alcohol motifs (C(OH)–C–C–N with tert-alkyl or cyclic N) is 1. The number of hydrogen-bond acceptors (Lipinski definition) is 4. The number of likely N-dealkylation sites (N-methyl/N-ethyl adjacent to an activating group) is 1. The lowest BCUT2D eigenvalue weighted by Crippen LogP contribution is -2.48. The van der Waals surface area contributed by atoms with Crippen molar-refractivity contribution in [3.8, 4) is 5.75 Å². The summed E-state index contributed by atoms with van der Waals surface area (Å²) in [6.07, 6.45) is 1.45. The van der Waals surface area contributed by atoms with Gasteiger partial charge in [-0.1, -0.05) is 18.2 Å². The van der Waals surface area contributed by atoms with Crippen LogP contribution in [0.1, 0.15) is 18.4 Å². The van der Waals surface area contributed by atoms with E-state index < -0.39 is 6.10 Å². The van der Waals surface area contributed by atoms with E-state index in [9.17, 15) is 9.90 Å². The first-order valence-corrected chi connectivity index (χ1v) is 9.15. The summed E-state index contributed by atoms with van der Waals surface area (Å²) >= 11 is 0. The molecule has 0 saturated carbocycles. The highest BCUT2D eigenvalue weighted by molar-refractivity contribution is 5.76. The molecule has 0 aliphatic carbocycles. The quantitative estimate of drug-likeness (QED) is 0.849. The number of aliphatic hydroxyl groups is 1. The maximum Gasteiger partial charge on any atom is 0.320 e. The fourth-order valence-electron chi connectivity index (χ4n) is 3.68. The highest BCUT2D eigenvalue weighted by Gasteiger charge is 2.33. The molecule has 2 heterocycles. The second kappa shape index (κ2) is 8.06. The summed E-state index contributed by atoms with van der Waals surface area (Å²) in [4.78, 5) is 18.2. The van der Waals surface area contributed by atoms with Crippen molar-refractivity contribution in [2.75, 3.05) is 46.4 Å². The molecule has 1 N–H and O–H groups in total. The number of carbonyl (C=O) groups excluding carboxylic acids is 1. The van der Waals surface area contributed by atoms with Gasteiger partial charge in [0.15, 0.2) is 0 Å². The standard InChI is InChI=1S/C19H29N3O3/c1-15-5-3-4-6-18(15)25-14-17(23)13-21-9-7-16(8-10-21)22-12-11-20(2)19(22)24/h3-6,16-17,23H,7-14H2,1-2H3/t17-/m1/s1. The Labute approximate surface area is 150 Å². The normalized spacial score (nSPS) is 21.0. The monoisotopic (exact) mass is 347 g/mol. The lowest BCUT2D eigenvalue weighted by atomic mass is 10.0. The zero-order valence-corrected chi connectivity index (χ0v) is 15.2. The smallest absolute Gasteiger partial charge is 0.320 e. The molecule has 0 aromatic heterocycles. The summed E-state index contributed by atoms with van der Waals surface area (Å²) in [7, 11) is 1.86. The second-order valence-electron chi connectivity index (χ2n) is 7.16. The Hall–Kier alpha value is -1.79. The van der Waals surface area contributed by atoms with Crippen LogP contribution in [0.2, 0.25) is 0 Å². The molecule has 0 radical (unpaired) electrons. The van der Waals surface area contributed by atoms with E-state index in [2.05, 4.69) is 4.90 Å². The third-order valence-corrected chi connectivity index (χ3v) is 5.24. The molecule has 1 atom stereocenters. The van der Waals surface area contributed by atoms with E-state index in [1.54, 1.807) is 4.90 Å². The minimum Gasteiger partial charge on any atom is -0.491 e. The van der Waals surface area contributed by atoms with Crippen LogP contribution in [0.3, 0.4) is 0 Å². The third kappa shape index (κ3) is 4.44. The molecular formula is C19H29N3O3. The van der Waals surface area contributed by atoms with Crippen LogP contribution in [0.15, 0.2) is 24.3 Å². The Morgan fingerprint density at radius 2 is 1.92 bits per heavy atom. The Balaban J connectivity index is 1.40. The van der Waals surface area contributed by atoms with Crippen LogP contribution >= 0.6 is 0 Å². The fraction of sp³-hybridized carbons (Fsp3) is 0.632. The van der Waals surface area contributed by atoms with E-state index in [1.165, 1.54) is 0 Å². The van der Waals surface area contributed by atoms with Gasteiger partial charge in [0.2, 0.25) is 0 Å². The Morgan fingerprint density at radius 1 is 1.20 bits per heavy atom. The molecule has 6 heteroatoms. The van der Waals surface area contributed by atoms with Crippen molar-refractivity contribution in [3.63, 3.8) is 0 Å². The molecule has 0 unspecified atom stereocenters.